The molecule has 0 N–H and O–H groups in total. The Morgan fingerprint density at radius 3 is 2.65 bits per heavy atom. The molecule has 2 rings (SSSR count). The molecule has 0 aromatic carbocycles. The Balaban J connectivity index is 1.93. The number of carbonyl (C=O) groups is 1. The topological polar surface area (TPSA) is 36.7 Å². The van der Waals surface area contributed by atoms with Crippen molar-refractivity contribution in [2.75, 3.05) is 32.7 Å². The highest BCUT2D eigenvalue weighted by atomic mass is 79.9. The second-order valence-electron chi connectivity index (χ2n) is 3.88. The molecule has 0 unspecified atom stereocenters. The SMILES string of the molecule is C#CCN1CCN(C(=O)c2ccc(Br)o2)CC1. The Kier molecular flexibility index (Phi) is 3.87. The maximum absolute atomic E-state index is 12.0. The molecule has 90 valence electrons. The van der Waals surface area contributed by atoms with E-state index in [1.807, 2.05) is 0 Å². The van der Waals surface area contributed by atoms with Gasteiger partial charge in [0.05, 0.1) is 6.54 Å². The third-order valence-electron chi connectivity index (χ3n) is 2.76. The first-order chi connectivity index (χ1) is 8.20. The molecule has 1 aliphatic heterocycles. The number of carbonyl (C=O) groups excluding carboxylic acids is 1. The fourth-order valence-electron chi connectivity index (χ4n) is 1.82. The minimum Gasteiger partial charge on any atom is -0.444 e. The second kappa shape index (κ2) is 5.39. The number of nitrogens with zero attached hydrogens (tertiary/aromatic N) is 2. The standard InChI is InChI=1S/C12H13BrN2O2/c1-2-5-14-6-8-15(9-7-14)12(16)10-3-4-11(13)17-10/h1,3-4H,5-9H2. The number of rotatable bonds is 2. The molecule has 1 aromatic rings. The number of hydrogen-bond acceptors (Lipinski definition) is 3. The van der Waals surface area contributed by atoms with Crippen LogP contribution in [0.3, 0.4) is 0 Å². The summed E-state index contributed by atoms with van der Waals surface area (Å²) in [6.07, 6.45) is 5.26. The van der Waals surface area contributed by atoms with Crippen molar-refractivity contribution < 1.29 is 9.21 Å². The monoisotopic (exact) mass is 296 g/mol. The first-order valence-corrected chi connectivity index (χ1v) is 6.20. The molecule has 0 radical (unpaired) electrons. The summed E-state index contributed by atoms with van der Waals surface area (Å²) < 4.78 is 5.83. The molecule has 1 fully saturated rings. The lowest BCUT2D eigenvalue weighted by Gasteiger charge is -2.33. The van der Waals surface area contributed by atoms with Crippen LogP contribution in [-0.2, 0) is 0 Å². The van der Waals surface area contributed by atoms with Gasteiger partial charge in [0.2, 0.25) is 0 Å². The Hall–Kier alpha value is -1.25. The Bertz CT molecular complexity index is 442. The van der Waals surface area contributed by atoms with Crippen molar-refractivity contribution in [2.24, 2.45) is 0 Å². The summed E-state index contributed by atoms with van der Waals surface area (Å²) in [5.41, 5.74) is 0. The molecular weight excluding hydrogens is 284 g/mol. The molecule has 1 aliphatic rings. The lowest BCUT2D eigenvalue weighted by molar-refractivity contribution is 0.0619. The van der Waals surface area contributed by atoms with Gasteiger partial charge in [-0.1, -0.05) is 5.92 Å². The molecule has 1 saturated heterocycles. The first kappa shape index (κ1) is 12.2. The van der Waals surface area contributed by atoms with Crippen LogP contribution in [0, 0.1) is 12.3 Å². The Labute approximate surface area is 109 Å². The average molecular weight is 297 g/mol. The zero-order valence-corrected chi connectivity index (χ0v) is 10.9. The van der Waals surface area contributed by atoms with E-state index in [1.54, 1.807) is 17.0 Å². The predicted octanol–water partition coefficient (Wildman–Crippen LogP) is 1.43. The van der Waals surface area contributed by atoms with Gasteiger partial charge in [-0.05, 0) is 28.1 Å². The highest BCUT2D eigenvalue weighted by molar-refractivity contribution is 9.10. The minimum atomic E-state index is -0.0592. The molecule has 1 amide bonds. The van der Waals surface area contributed by atoms with Gasteiger partial charge in [0.15, 0.2) is 10.4 Å². The van der Waals surface area contributed by atoms with E-state index in [9.17, 15) is 4.79 Å². The lowest BCUT2D eigenvalue weighted by Crippen LogP contribution is -2.48. The smallest absolute Gasteiger partial charge is 0.289 e. The molecule has 0 atom stereocenters. The van der Waals surface area contributed by atoms with E-state index in [0.717, 1.165) is 13.1 Å². The van der Waals surface area contributed by atoms with Gasteiger partial charge < -0.3 is 9.32 Å². The summed E-state index contributed by atoms with van der Waals surface area (Å²) in [7, 11) is 0. The molecule has 1 aromatic heterocycles. The van der Waals surface area contributed by atoms with Gasteiger partial charge in [-0.15, -0.1) is 6.42 Å². The van der Waals surface area contributed by atoms with E-state index in [1.165, 1.54) is 0 Å². The zero-order chi connectivity index (χ0) is 12.3. The molecule has 4 nitrogen and oxygen atoms in total. The van der Waals surface area contributed by atoms with Crippen LogP contribution in [-0.4, -0.2) is 48.4 Å². The summed E-state index contributed by atoms with van der Waals surface area (Å²) >= 11 is 3.19. The molecule has 0 spiro atoms. The van der Waals surface area contributed by atoms with Crippen molar-refractivity contribution in [3.05, 3.63) is 22.6 Å². The van der Waals surface area contributed by atoms with Gasteiger partial charge in [0.25, 0.3) is 5.91 Å². The van der Waals surface area contributed by atoms with Crippen molar-refractivity contribution >= 4 is 21.8 Å². The molecule has 2 heterocycles. The third-order valence-corrected chi connectivity index (χ3v) is 3.18. The van der Waals surface area contributed by atoms with Gasteiger partial charge in [-0.25, -0.2) is 0 Å². The maximum atomic E-state index is 12.0. The average Bonchev–Trinajstić information content (AvgIpc) is 2.76. The Morgan fingerprint density at radius 2 is 2.12 bits per heavy atom. The van der Waals surface area contributed by atoms with Gasteiger partial charge in [0.1, 0.15) is 0 Å². The van der Waals surface area contributed by atoms with Crippen LogP contribution in [0.15, 0.2) is 21.2 Å². The van der Waals surface area contributed by atoms with Crippen molar-refractivity contribution in [1.82, 2.24) is 9.80 Å². The number of hydrogen-bond donors (Lipinski definition) is 0. The van der Waals surface area contributed by atoms with Crippen molar-refractivity contribution in [2.45, 2.75) is 0 Å². The summed E-state index contributed by atoms with van der Waals surface area (Å²) in [5.74, 6) is 2.93. The van der Waals surface area contributed by atoms with Crippen molar-refractivity contribution in [3.8, 4) is 12.3 Å². The molecule has 17 heavy (non-hydrogen) atoms. The molecule has 5 heteroatoms. The van der Waals surface area contributed by atoms with E-state index in [2.05, 4.69) is 26.8 Å². The van der Waals surface area contributed by atoms with E-state index in [4.69, 9.17) is 10.8 Å². The molecule has 0 saturated carbocycles. The fourth-order valence-corrected chi connectivity index (χ4v) is 2.13. The highest BCUT2D eigenvalue weighted by Crippen LogP contribution is 2.16. The summed E-state index contributed by atoms with van der Waals surface area (Å²) in [6, 6.07) is 3.40. The maximum Gasteiger partial charge on any atom is 0.289 e. The third kappa shape index (κ3) is 2.90. The summed E-state index contributed by atoms with van der Waals surface area (Å²) in [6.45, 7) is 3.67. The number of piperazine rings is 1. The van der Waals surface area contributed by atoms with Gasteiger partial charge in [0, 0.05) is 26.2 Å². The summed E-state index contributed by atoms with van der Waals surface area (Å²) in [4.78, 5) is 16.0. The van der Waals surface area contributed by atoms with Gasteiger partial charge in [-0.3, -0.25) is 9.69 Å². The second-order valence-corrected chi connectivity index (χ2v) is 4.66. The van der Waals surface area contributed by atoms with E-state index in [0.29, 0.717) is 30.1 Å². The molecule has 0 bridgehead atoms. The first-order valence-electron chi connectivity index (χ1n) is 5.41. The van der Waals surface area contributed by atoms with Crippen molar-refractivity contribution in [3.63, 3.8) is 0 Å². The highest BCUT2D eigenvalue weighted by Gasteiger charge is 2.23. The molecule has 0 aliphatic carbocycles. The fraction of sp³-hybridized carbons (Fsp3) is 0.417. The molecular formula is C12H13BrN2O2. The van der Waals surface area contributed by atoms with Gasteiger partial charge >= 0.3 is 0 Å². The van der Waals surface area contributed by atoms with Crippen LogP contribution in [0.2, 0.25) is 0 Å². The number of furan rings is 1. The van der Waals surface area contributed by atoms with Crippen LogP contribution < -0.4 is 0 Å². The van der Waals surface area contributed by atoms with Crippen LogP contribution in [0.4, 0.5) is 0 Å². The quantitative estimate of drug-likeness (QED) is 0.775. The van der Waals surface area contributed by atoms with Crippen molar-refractivity contribution in [1.29, 1.82) is 0 Å². The number of halogens is 1. The van der Waals surface area contributed by atoms with Crippen LogP contribution in [0.1, 0.15) is 10.6 Å². The largest absolute Gasteiger partial charge is 0.444 e. The van der Waals surface area contributed by atoms with E-state index in [-0.39, 0.29) is 5.91 Å². The van der Waals surface area contributed by atoms with Crippen LogP contribution >= 0.6 is 15.9 Å². The van der Waals surface area contributed by atoms with Gasteiger partial charge in [-0.2, -0.15) is 0 Å². The number of terminal acetylenes is 1. The minimum absolute atomic E-state index is 0.0592. The predicted molar refractivity (Wildman–Crippen MR) is 67.6 cm³/mol. The zero-order valence-electron chi connectivity index (χ0n) is 9.36. The van der Waals surface area contributed by atoms with E-state index < -0.39 is 0 Å². The normalized spacial score (nSPS) is 16.8. The van der Waals surface area contributed by atoms with E-state index >= 15 is 0 Å². The Morgan fingerprint density at radius 1 is 1.41 bits per heavy atom. The van der Waals surface area contributed by atoms with Crippen LogP contribution in [0.5, 0.6) is 0 Å². The van der Waals surface area contributed by atoms with Crippen LogP contribution in [0.25, 0.3) is 0 Å². The summed E-state index contributed by atoms with van der Waals surface area (Å²) in [5, 5.41) is 0. The number of amides is 1. The lowest BCUT2D eigenvalue weighted by atomic mass is 10.3.